The molecule has 0 bridgehead atoms. The monoisotopic (exact) mass is 562 g/mol. The summed E-state index contributed by atoms with van der Waals surface area (Å²) in [6.07, 6.45) is 2.71. The highest BCUT2D eigenvalue weighted by Gasteiger charge is 2.29. The summed E-state index contributed by atoms with van der Waals surface area (Å²) in [5, 5.41) is 7.76. The molecule has 1 heterocycles. The lowest BCUT2D eigenvalue weighted by molar-refractivity contribution is 0.0992. The number of carbonyl (C=O) groups excluding carboxylic acids is 2. The van der Waals surface area contributed by atoms with Crippen LogP contribution in [-0.4, -0.2) is 36.6 Å². The van der Waals surface area contributed by atoms with E-state index < -0.39 is 15.9 Å². The number of hydrogen-bond donors (Lipinski definition) is 3. The van der Waals surface area contributed by atoms with Crippen LogP contribution < -0.4 is 15.8 Å². The van der Waals surface area contributed by atoms with E-state index in [1.165, 1.54) is 18.2 Å². The number of benzene rings is 3. The molecule has 1 aliphatic rings. The first-order valence-corrected chi connectivity index (χ1v) is 13.9. The number of aryl methyl sites for hydroxylation is 1. The van der Waals surface area contributed by atoms with Gasteiger partial charge in [-0.25, -0.2) is 8.89 Å². The second kappa shape index (κ2) is 10.5. The smallest absolute Gasteiger partial charge is 0.364 e. The highest BCUT2D eigenvalue weighted by atomic mass is 35.5. The lowest BCUT2D eigenvalue weighted by atomic mass is 9.88. The molecule has 0 saturated carbocycles. The van der Waals surface area contributed by atoms with Gasteiger partial charge in [-0.15, -0.1) is 6.58 Å². The topological polar surface area (TPSA) is 141 Å². The van der Waals surface area contributed by atoms with Crippen LogP contribution in [0.15, 0.2) is 84.3 Å². The van der Waals surface area contributed by atoms with Gasteiger partial charge in [-0.2, -0.15) is 14.0 Å². The minimum absolute atomic E-state index is 0.156. The lowest BCUT2D eigenvalue weighted by Gasteiger charge is -2.20. The maximum Gasteiger partial charge on any atom is 0.373 e. The summed E-state index contributed by atoms with van der Waals surface area (Å²) >= 11 is 6.19. The summed E-state index contributed by atoms with van der Waals surface area (Å²) in [5.41, 5.74) is 10.5. The zero-order chi connectivity index (χ0) is 27.7. The third kappa shape index (κ3) is 5.09. The van der Waals surface area contributed by atoms with Gasteiger partial charge in [0.15, 0.2) is 5.69 Å². The molecule has 9 nitrogen and oxygen atoms in total. The minimum atomic E-state index is -3.46. The molecule has 2 amide bonds. The number of nitrogens with zero attached hydrogens (tertiary/aromatic N) is 2. The number of hydrogen-bond acceptors (Lipinski definition) is 4. The van der Waals surface area contributed by atoms with E-state index in [9.17, 15) is 18.0 Å². The number of primary amides is 1. The van der Waals surface area contributed by atoms with E-state index in [4.69, 9.17) is 17.3 Å². The van der Waals surface area contributed by atoms with Crippen LogP contribution in [0, 0.1) is 0 Å². The van der Waals surface area contributed by atoms with Crippen LogP contribution >= 0.6 is 11.6 Å². The summed E-state index contributed by atoms with van der Waals surface area (Å²) in [4.78, 5) is 25.4. The van der Waals surface area contributed by atoms with E-state index in [0.717, 1.165) is 11.1 Å². The van der Waals surface area contributed by atoms with Crippen molar-refractivity contribution in [3.8, 4) is 16.9 Å². The second-order valence-electron chi connectivity index (χ2n) is 8.91. The Morgan fingerprint density at radius 3 is 2.56 bits per heavy atom. The first-order valence-electron chi connectivity index (χ1n) is 12.0. The molecule has 5 rings (SSSR count). The van der Waals surface area contributed by atoms with Crippen LogP contribution in [0.1, 0.15) is 32.0 Å². The Labute approximate surface area is 230 Å². The molecular formula is C28H25ClN5O4S+. The zero-order valence-electron chi connectivity index (χ0n) is 20.7. The molecular weight excluding hydrogens is 538 g/mol. The summed E-state index contributed by atoms with van der Waals surface area (Å²) in [7, 11) is -3.46. The number of anilines is 1. The fraction of sp³-hybridized carbons (Fsp3) is 0.107. The first-order chi connectivity index (χ1) is 18.7. The van der Waals surface area contributed by atoms with Crippen molar-refractivity contribution in [2.75, 3.05) is 11.9 Å². The Hall–Kier alpha value is -4.25. The summed E-state index contributed by atoms with van der Waals surface area (Å²) in [5.74, 6) is -1.00. The van der Waals surface area contributed by atoms with Gasteiger partial charge >= 0.3 is 10.0 Å². The molecule has 39 heavy (non-hydrogen) atoms. The summed E-state index contributed by atoms with van der Waals surface area (Å²) in [6, 6.07) is 18.7. The predicted molar refractivity (Wildman–Crippen MR) is 151 cm³/mol. The molecule has 198 valence electrons. The number of nitrogens with two attached hydrogens (primary N) is 1. The Bertz CT molecular complexity index is 1730. The number of rotatable bonds is 8. The molecule has 1 unspecified atom stereocenters. The lowest BCUT2D eigenvalue weighted by Crippen LogP contribution is -2.23. The number of halogens is 1. The highest BCUT2D eigenvalue weighted by molar-refractivity contribution is 7.89. The third-order valence-electron chi connectivity index (χ3n) is 6.43. The SMILES string of the molecule is C=CCNS(=O)(=[OH+])c1ccc(-n2nc(C(N)=O)c3c2-c2cc(NC(=O)c4ccccc4Cl)ccc2CC3)cc1. The molecule has 0 aliphatic heterocycles. The van der Waals surface area contributed by atoms with Gasteiger partial charge in [0.1, 0.15) is 4.90 Å². The average Bonchev–Trinajstić information content (AvgIpc) is 3.33. The van der Waals surface area contributed by atoms with Gasteiger partial charge in [0, 0.05) is 23.4 Å². The average molecular weight is 563 g/mol. The third-order valence-corrected chi connectivity index (χ3v) is 8.23. The number of aromatic nitrogens is 2. The number of amides is 2. The van der Waals surface area contributed by atoms with E-state index in [1.807, 2.05) is 18.2 Å². The van der Waals surface area contributed by atoms with Crippen molar-refractivity contribution in [1.29, 1.82) is 0 Å². The van der Waals surface area contributed by atoms with E-state index in [2.05, 4.69) is 21.7 Å². The van der Waals surface area contributed by atoms with Gasteiger partial charge < -0.3 is 11.1 Å². The maximum absolute atomic E-state index is 12.9. The van der Waals surface area contributed by atoms with Crippen LogP contribution in [0.5, 0.6) is 0 Å². The molecule has 0 radical (unpaired) electrons. The number of carbonyl (C=O) groups is 2. The van der Waals surface area contributed by atoms with E-state index >= 15 is 0 Å². The fourth-order valence-corrected chi connectivity index (χ4v) is 5.81. The van der Waals surface area contributed by atoms with Crippen LogP contribution in [-0.2, 0) is 22.9 Å². The Balaban J connectivity index is 1.56. The highest BCUT2D eigenvalue weighted by Crippen LogP contribution is 2.38. The molecule has 11 heteroatoms. The van der Waals surface area contributed by atoms with Crippen LogP contribution in [0.25, 0.3) is 16.9 Å². The largest absolute Gasteiger partial charge is 0.373 e. The zero-order valence-corrected chi connectivity index (χ0v) is 22.3. The van der Waals surface area contributed by atoms with Crippen molar-refractivity contribution in [3.05, 3.63) is 107 Å². The standard InChI is InChI=1S/C28H24ClN5O4S/c1-2-15-31-39(37,38)20-12-10-19(11-13-20)34-26-22(25(33-34)27(30)35)14-8-17-7-9-18(16-23(17)26)32-28(36)21-5-3-4-6-24(21)29/h2-7,9-13,16H,1,8,14-15H2,(H2,30,35)(H,32,36)(H,31,37,38)/p+1. The van der Waals surface area contributed by atoms with Gasteiger partial charge in [-0.1, -0.05) is 35.9 Å². The molecule has 0 saturated heterocycles. The van der Waals surface area contributed by atoms with Gasteiger partial charge in [0.05, 0.1) is 22.0 Å². The summed E-state index contributed by atoms with van der Waals surface area (Å²) in [6.45, 7) is 3.72. The molecule has 1 aromatic heterocycles. The van der Waals surface area contributed by atoms with Gasteiger partial charge in [-0.3, -0.25) is 9.59 Å². The Morgan fingerprint density at radius 1 is 1.13 bits per heavy atom. The molecule has 4 aromatic rings. The molecule has 5 N–H and O–H groups in total. The van der Waals surface area contributed by atoms with E-state index in [1.54, 1.807) is 41.1 Å². The Morgan fingerprint density at radius 2 is 1.87 bits per heavy atom. The van der Waals surface area contributed by atoms with Crippen molar-refractivity contribution in [2.24, 2.45) is 5.73 Å². The van der Waals surface area contributed by atoms with Gasteiger partial charge in [-0.05, 0) is 66.9 Å². The maximum atomic E-state index is 12.9. The summed E-state index contributed by atoms with van der Waals surface area (Å²) < 4.78 is 27.1. The molecule has 0 fully saturated rings. The quantitative estimate of drug-likeness (QED) is 0.218. The molecule has 3 aromatic carbocycles. The number of fused-ring (bicyclic) bond motifs is 3. The number of nitrogens with one attached hydrogen (secondary N) is 2. The van der Waals surface area contributed by atoms with Crippen LogP contribution in [0.4, 0.5) is 5.69 Å². The first kappa shape index (κ1) is 26.4. The van der Waals surface area contributed by atoms with Crippen LogP contribution in [0.2, 0.25) is 5.02 Å². The molecule has 1 aliphatic carbocycles. The van der Waals surface area contributed by atoms with Crippen molar-refractivity contribution >= 4 is 39.1 Å². The van der Waals surface area contributed by atoms with Crippen molar-refractivity contribution < 1.29 is 18.0 Å². The van der Waals surface area contributed by atoms with Crippen molar-refractivity contribution in [1.82, 2.24) is 14.5 Å². The minimum Gasteiger partial charge on any atom is -0.364 e. The van der Waals surface area contributed by atoms with Crippen molar-refractivity contribution in [2.45, 2.75) is 17.7 Å². The molecule has 1 atom stereocenters. The normalized spacial score (nSPS) is 13.6. The van der Waals surface area contributed by atoms with Gasteiger partial charge in [0.2, 0.25) is 0 Å². The van der Waals surface area contributed by atoms with Crippen molar-refractivity contribution in [3.63, 3.8) is 0 Å². The Kier molecular flexibility index (Phi) is 7.09. The molecule has 0 spiro atoms. The van der Waals surface area contributed by atoms with Gasteiger partial charge in [0.25, 0.3) is 11.8 Å². The van der Waals surface area contributed by atoms with Crippen LogP contribution in [0.3, 0.4) is 0 Å². The second-order valence-corrected chi connectivity index (χ2v) is 11.1. The van der Waals surface area contributed by atoms with E-state index in [0.29, 0.717) is 46.1 Å². The predicted octanol–water partition coefficient (Wildman–Crippen LogP) is 4.26. The van der Waals surface area contributed by atoms with E-state index in [-0.39, 0.29) is 23.0 Å². The fourth-order valence-electron chi connectivity index (χ4n) is 4.57.